The molecule has 13 heavy (non-hydrogen) atoms. The Labute approximate surface area is 83.2 Å². The predicted octanol–water partition coefficient (Wildman–Crippen LogP) is 2.99. The number of hydrogen-bond donors (Lipinski definition) is 1. The zero-order valence-electron chi connectivity index (χ0n) is 7.84. The molecule has 0 aliphatic heterocycles. The number of fused-ring (bicyclic) bond motifs is 1. The summed E-state index contributed by atoms with van der Waals surface area (Å²) in [4.78, 5) is 1.01. The van der Waals surface area contributed by atoms with Gasteiger partial charge < -0.3 is 5.11 Å². The molecule has 0 bridgehead atoms. The Balaban J connectivity index is 2.48. The van der Waals surface area contributed by atoms with Crippen LogP contribution in [0.2, 0.25) is 0 Å². The van der Waals surface area contributed by atoms with Crippen LogP contribution in [0.5, 0.6) is 5.75 Å². The highest BCUT2D eigenvalue weighted by Gasteiger charge is 2.14. The van der Waals surface area contributed by atoms with Crippen LogP contribution in [-0.2, 0) is 12.8 Å². The molecule has 0 fully saturated rings. The minimum atomic E-state index is 0.532. The molecule has 2 heteroatoms. The molecule has 1 aromatic rings. The van der Waals surface area contributed by atoms with Crippen LogP contribution < -0.4 is 0 Å². The van der Waals surface area contributed by atoms with E-state index in [1.807, 2.05) is 12.3 Å². The molecule has 2 rings (SSSR count). The first-order chi connectivity index (χ1) is 6.33. The highest BCUT2D eigenvalue weighted by Crippen LogP contribution is 2.35. The van der Waals surface area contributed by atoms with Crippen molar-refractivity contribution in [3.8, 4) is 5.75 Å². The van der Waals surface area contributed by atoms with Gasteiger partial charge in [0, 0.05) is 4.90 Å². The average Bonchev–Trinajstić information content (AvgIpc) is 2.19. The SMILES string of the molecule is CSc1ccc2c(c1O)CCCC2. The van der Waals surface area contributed by atoms with Crippen molar-refractivity contribution < 1.29 is 5.11 Å². The Hall–Kier alpha value is -0.630. The van der Waals surface area contributed by atoms with Crippen LogP contribution in [0.1, 0.15) is 24.0 Å². The maximum Gasteiger partial charge on any atom is 0.132 e. The van der Waals surface area contributed by atoms with Crippen LogP contribution in [0, 0.1) is 0 Å². The number of aromatic hydroxyl groups is 1. The van der Waals surface area contributed by atoms with E-state index in [0.29, 0.717) is 5.75 Å². The molecule has 0 saturated carbocycles. The Morgan fingerprint density at radius 3 is 2.77 bits per heavy atom. The van der Waals surface area contributed by atoms with E-state index < -0.39 is 0 Å². The minimum Gasteiger partial charge on any atom is -0.506 e. The van der Waals surface area contributed by atoms with Gasteiger partial charge in [0.05, 0.1) is 0 Å². The van der Waals surface area contributed by atoms with E-state index in [4.69, 9.17) is 0 Å². The van der Waals surface area contributed by atoms with Crippen molar-refractivity contribution in [1.82, 2.24) is 0 Å². The molecule has 0 atom stereocenters. The molecule has 1 aliphatic carbocycles. The van der Waals surface area contributed by atoms with Crippen LogP contribution in [0.25, 0.3) is 0 Å². The molecule has 0 amide bonds. The van der Waals surface area contributed by atoms with Gasteiger partial charge in [-0.3, -0.25) is 0 Å². The highest BCUT2D eigenvalue weighted by atomic mass is 32.2. The molecule has 1 N–H and O–H groups in total. The van der Waals surface area contributed by atoms with Gasteiger partial charge in [0.2, 0.25) is 0 Å². The van der Waals surface area contributed by atoms with Crippen molar-refractivity contribution in [2.24, 2.45) is 0 Å². The number of hydrogen-bond acceptors (Lipinski definition) is 2. The molecule has 1 nitrogen and oxygen atoms in total. The number of thioether (sulfide) groups is 1. The zero-order valence-corrected chi connectivity index (χ0v) is 8.66. The maximum atomic E-state index is 9.91. The number of aryl methyl sites for hydroxylation is 1. The standard InChI is InChI=1S/C11H14OS/c1-13-10-7-6-8-4-2-3-5-9(8)11(10)12/h6-7,12H,2-5H2,1H3. The van der Waals surface area contributed by atoms with Crippen molar-refractivity contribution in [2.75, 3.05) is 6.26 Å². The zero-order chi connectivity index (χ0) is 9.26. The topological polar surface area (TPSA) is 20.2 Å². The van der Waals surface area contributed by atoms with Crippen LogP contribution >= 0.6 is 11.8 Å². The largest absolute Gasteiger partial charge is 0.506 e. The monoisotopic (exact) mass is 194 g/mol. The fraction of sp³-hybridized carbons (Fsp3) is 0.455. The van der Waals surface area contributed by atoms with Gasteiger partial charge in [-0.1, -0.05) is 6.07 Å². The lowest BCUT2D eigenvalue weighted by atomic mass is 9.91. The minimum absolute atomic E-state index is 0.532. The Bertz CT molecular complexity index is 320. The number of phenols is 1. The quantitative estimate of drug-likeness (QED) is 0.693. The van der Waals surface area contributed by atoms with Crippen molar-refractivity contribution in [3.05, 3.63) is 23.3 Å². The van der Waals surface area contributed by atoms with Crippen molar-refractivity contribution in [1.29, 1.82) is 0 Å². The highest BCUT2D eigenvalue weighted by molar-refractivity contribution is 7.98. The summed E-state index contributed by atoms with van der Waals surface area (Å²) in [5, 5.41) is 9.91. The molecule has 0 unspecified atom stereocenters. The van der Waals surface area contributed by atoms with E-state index in [9.17, 15) is 5.11 Å². The van der Waals surface area contributed by atoms with Gasteiger partial charge in [-0.25, -0.2) is 0 Å². The van der Waals surface area contributed by atoms with E-state index in [1.54, 1.807) is 11.8 Å². The summed E-state index contributed by atoms with van der Waals surface area (Å²) in [5.74, 6) is 0.532. The molecule has 0 spiro atoms. The third kappa shape index (κ3) is 1.55. The number of rotatable bonds is 1. The van der Waals surface area contributed by atoms with E-state index in [-0.39, 0.29) is 0 Å². The molecule has 0 saturated heterocycles. The molecule has 0 heterocycles. The first kappa shape index (κ1) is 8.95. The van der Waals surface area contributed by atoms with Crippen LogP contribution in [0.3, 0.4) is 0 Å². The van der Waals surface area contributed by atoms with Gasteiger partial charge in [0.15, 0.2) is 0 Å². The van der Waals surface area contributed by atoms with Crippen LogP contribution in [0.15, 0.2) is 17.0 Å². The predicted molar refractivity (Wildman–Crippen MR) is 56.5 cm³/mol. The van der Waals surface area contributed by atoms with E-state index in [2.05, 4.69) is 6.07 Å². The molecule has 1 aliphatic rings. The van der Waals surface area contributed by atoms with Crippen LogP contribution in [-0.4, -0.2) is 11.4 Å². The van der Waals surface area contributed by atoms with Crippen LogP contribution in [0.4, 0.5) is 0 Å². The summed E-state index contributed by atoms with van der Waals surface area (Å²) in [7, 11) is 0. The van der Waals surface area contributed by atoms with E-state index in [1.165, 1.54) is 24.0 Å². The maximum absolute atomic E-state index is 9.91. The fourth-order valence-electron chi connectivity index (χ4n) is 1.95. The Morgan fingerprint density at radius 1 is 1.23 bits per heavy atom. The third-order valence-corrected chi connectivity index (χ3v) is 3.45. The van der Waals surface area contributed by atoms with Gasteiger partial charge in [-0.15, -0.1) is 11.8 Å². The molecule has 1 aromatic carbocycles. The summed E-state index contributed by atoms with van der Waals surface area (Å²) >= 11 is 1.62. The Kier molecular flexibility index (Phi) is 2.49. The first-order valence-electron chi connectivity index (χ1n) is 4.70. The van der Waals surface area contributed by atoms with Gasteiger partial charge in [0.25, 0.3) is 0 Å². The second-order valence-electron chi connectivity index (χ2n) is 3.46. The summed E-state index contributed by atoms with van der Waals surface area (Å²) < 4.78 is 0. The van der Waals surface area contributed by atoms with Gasteiger partial charge in [0.1, 0.15) is 5.75 Å². The normalized spacial score (nSPS) is 15.5. The average molecular weight is 194 g/mol. The van der Waals surface area contributed by atoms with Crippen molar-refractivity contribution >= 4 is 11.8 Å². The fourth-order valence-corrected chi connectivity index (χ4v) is 2.47. The molecule has 0 aromatic heterocycles. The first-order valence-corrected chi connectivity index (χ1v) is 5.93. The van der Waals surface area contributed by atoms with Gasteiger partial charge in [-0.2, -0.15) is 0 Å². The number of phenolic OH excluding ortho intramolecular Hbond substituents is 1. The smallest absolute Gasteiger partial charge is 0.132 e. The second-order valence-corrected chi connectivity index (χ2v) is 4.31. The van der Waals surface area contributed by atoms with E-state index >= 15 is 0 Å². The van der Waals surface area contributed by atoms with Gasteiger partial charge in [-0.05, 0) is 49.1 Å². The summed E-state index contributed by atoms with van der Waals surface area (Å²) in [6, 6.07) is 4.20. The van der Waals surface area contributed by atoms with Crippen molar-refractivity contribution in [3.63, 3.8) is 0 Å². The lowest BCUT2D eigenvalue weighted by Gasteiger charge is -2.18. The lowest BCUT2D eigenvalue weighted by Crippen LogP contribution is -2.02. The molecule has 70 valence electrons. The summed E-state index contributed by atoms with van der Waals surface area (Å²) in [5.41, 5.74) is 2.54. The van der Waals surface area contributed by atoms with Crippen molar-refractivity contribution in [2.45, 2.75) is 30.6 Å². The second kappa shape index (κ2) is 3.62. The lowest BCUT2D eigenvalue weighted by molar-refractivity contribution is 0.449. The van der Waals surface area contributed by atoms with E-state index in [0.717, 1.165) is 17.7 Å². The molecular weight excluding hydrogens is 180 g/mol. The molecule has 0 radical (unpaired) electrons. The summed E-state index contributed by atoms with van der Waals surface area (Å²) in [6.07, 6.45) is 6.68. The van der Waals surface area contributed by atoms with Gasteiger partial charge >= 0.3 is 0 Å². The Morgan fingerprint density at radius 2 is 2.00 bits per heavy atom. The third-order valence-electron chi connectivity index (χ3n) is 2.69. The number of benzene rings is 1. The summed E-state index contributed by atoms with van der Waals surface area (Å²) in [6.45, 7) is 0. The molecular formula is C11H14OS.